The molecular formula is C21H25N5O4. The third-order valence-electron chi connectivity index (χ3n) is 5.02. The largest absolute Gasteiger partial charge is 0.507 e. The van der Waals surface area contributed by atoms with E-state index in [-0.39, 0.29) is 23.5 Å². The molecule has 158 valence electrons. The summed E-state index contributed by atoms with van der Waals surface area (Å²) < 4.78 is 0. The van der Waals surface area contributed by atoms with Crippen LogP contribution < -0.4 is 5.32 Å². The maximum absolute atomic E-state index is 10.4. The molecule has 1 aliphatic rings. The Balaban J connectivity index is 0.000000806. The number of hydrogen-bond donors (Lipinski definition) is 4. The lowest BCUT2D eigenvalue weighted by molar-refractivity contribution is -0.122. The van der Waals surface area contributed by atoms with E-state index in [0.717, 1.165) is 42.3 Å². The fraction of sp³-hybridized carbons (Fsp3) is 0.333. The molecule has 1 aliphatic heterocycles. The van der Waals surface area contributed by atoms with Gasteiger partial charge in [-0.2, -0.15) is 0 Å². The van der Waals surface area contributed by atoms with Crippen molar-refractivity contribution in [1.29, 1.82) is 0 Å². The Morgan fingerprint density at radius 2 is 1.90 bits per heavy atom. The zero-order valence-electron chi connectivity index (χ0n) is 16.9. The summed E-state index contributed by atoms with van der Waals surface area (Å²) >= 11 is 0. The number of nitrogens with one attached hydrogen (secondary N) is 1. The van der Waals surface area contributed by atoms with E-state index in [4.69, 9.17) is 9.90 Å². The van der Waals surface area contributed by atoms with Gasteiger partial charge in [-0.15, -0.1) is 10.2 Å². The molecule has 4 rings (SSSR count). The second-order valence-corrected chi connectivity index (χ2v) is 7.35. The molecule has 0 amide bonds. The Morgan fingerprint density at radius 1 is 1.20 bits per heavy atom. The van der Waals surface area contributed by atoms with Crippen LogP contribution in [0.2, 0.25) is 0 Å². The summed E-state index contributed by atoms with van der Waals surface area (Å²) in [5.74, 6) is 0.636. The summed E-state index contributed by atoms with van der Waals surface area (Å²) in [4.78, 5) is 14.9. The maximum Gasteiger partial charge on any atom is 0.290 e. The van der Waals surface area contributed by atoms with E-state index in [2.05, 4.69) is 32.4 Å². The van der Waals surface area contributed by atoms with Crippen LogP contribution in [-0.2, 0) is 4.79 Å². The van der Waals surface area contributed by atoms with Crippen LogP contribution in [0.25, 0.3) is 22.0 Å². The predicted molar refractivity (Wildman–Crippen MR) is 114 cm³/mol. The van der Waals surface area contributed by atoms with Crippen molar-refractivity contribution in [1.82, 2.24) is 20.1 Å². The minimum Gasteiger partial charge on any atom is -0.507 e. The van der Waals surface area contributed by atoms with Crippen molar-refractivity contribution in [2.24, 2.45) is 0 Å². The molecule has 1 fully saturated rings. The lowest BCUT2D eigenvalue weighted by Gasteiger charge is -2.30. The van der Waals surface area contributed by atoms with Crippen molar-refractivity contribution in [2.75, 3.05) is 25.5 Å². The average molecular weight is 411 g/mol. The molecule has 3 heterocycles. The molecule has 1 saturated heterocycles. The zero-order valence-corrected chi connectivity index (χ0v) is 16.9. The number of piperidine rings is 1. The second-order valence-electron chi connectivity index (χ2n) is 7.35. The fourth-order valence-corrected chi connectivity index (χ4v) is 3.76. The summed E-state index contributed by atoms with van der Waals surface area (Å²) in [5, 5.41) is 41.4. The van der Waals surface area contributed by atoms with Gasteiger partial charge in [-0.3, -0.25) is 9.78 Å². The number of likely N-dealkylation sites (tertiary alicyclic amines) is 1. The summed E-state index contributed by atoms with van der Waals surface area (Å²) in [5.41, 5.74) is 1.49. The Morgan fingerprint density at radius 3 is 2.57 bits per heavy atom. The minimum absolute atomic E-state index is 0.0190. The molecule has 0 bridgehead atoms. The number of nitrogens with zero attached hydrogens (tertiary/aromatic N) is 4. The predicted octanol–water partition coefficient (Wildman–Crippen LogP) is 2.62. The van der Waals surface area contributed by atoms with Gasteiger partial charge in [0.2, 0.25) is 0 Å². The number of fused-ring (bicyclic) bond motifs is 1. The smallest absolute Gasteiger partial charge is 0.290 e. The van der Waals surface area contributed by atoms with Gasteiger partial charge in [0.05, 0.1) is 5.56 Å². The third-order valence-corrected chi connectivity index (χ3v) is 5.02. The van der Waals surface area contributed by atoms with E-state index in [9.17, 15) is 10.2 Å². The summed E-state index contributed by atoms with van der Waals surface area (Å²) in [6.45, 7) is 3.62. The highest BCUT2D eigenvalue weighted by atomic mass is 16.3. The van der Waals surface area contributed by atoms with Gasteiger partial charge in [-0.25, -0.2) is 0 Å². The van der Waals surface area contributed by atoms with E-state index in [0.29, 0.717) is 17.6 Å². The molecule has 30 heavy (non-hydrogen) atoms. The molecular weight excluding hydrogens is 386 g/mol. The molecule has 0 radical (unpaired) electrons. The molecule has 4 N–H and O–H groups in total. The number of hydrogen-bond acceptors (Lipinski definition) is 8. The van der Waals surface area contributed by atoms with Gasteiger partial charge >= 0.3 is 0 Å². The third kappa shape index (κ3) is 4.57. The molecule has 0 saturated carbocycles. The lowest BCUT2D eigenvalue weighted by Crippen LogP contribution is -2.40. The van der Waals surface area contributed by atoms with Gasteiger partial charge in [0.1, 0.15) is 17.2 Å². The van der Waals surface area contributed by atoms with Gasteiger partial charge < -0.3 is 25.5 Å². The molecule has 9 heteroatoms. The van der Waals surface area contributed by atoms with Crippen molar-refractivity contribution >= 4 is 23.1 Å². The van der Waals surface area contributed by atoms with Gasteiger partial charge in [0, 0.05) is 35.8 Å². The zero-order chi connectivity index (χ0) is 21.7. The Hall–Kier alpha value is -3.46. The number of aryl methyl sites for hydroxylation is 1. The van der Waals surface area contributed by atoms with Crippen LogP contribution in [0.15, 0.2) is 30.6 Å². The first kappa shape index (κ1) is 21.3. The number of benzene rings is 1. The van der Waals surface area contributed by atoms with Crippen LogP contribution in [-0.4, -0.2) is 68.1 Å². The van der Waals surface area contributed by atoms with E-state index in [1.165, 1.54) is 0 Å². The van der Waals surface area contributed by atoms with E-state index in [1.54, 1.807) is 24.5 Å². The van der Waals surface area contributed by atoms with Crippen molar-refractivity contribution in [3.05, 3.63) is 36.2 Å². The van der Waals surface area contributed by atoms with Gasteiger partial charge in [0.25, 0.3) is 6.47 Å². The van der Waals surface area contributed by atoms with Gasteiger partial charge in [-0.1, -0.05) is 0 Å². The first-order chi connectivity index (χ1) is 14.4. The fourth-order valence-electron chi connectivity index (χ4n) is 3.76. The molecule has 1 atom stereocenters. The van der Waals surface area contributed by atoms with Gasteiger partial charge in [-0.05, 0) is 57.1 Å². The van der Waals surface area contributed by atoms with Crippen LogP contribution in [0.1, 0.15) is 18.4 Å². The van der Waals surface area contributed by atoms with Crippen molar-refractivity contribution in [2.45, 2.75) is 25.8 Å². The number of phenolic OH excluding ortho intramolecular Hbond substituents is 2. The topological polar surface area (TPSA) is 132 Å². The standard InChI is InChI=1S/C20H23N5O2.CH2O2/c1-12-8-16(26)18(17(27)9-12)19-14-5-6-21-10-15(14)20(24-23-19)22-13-4-3-7-25(2)11-13;2-1-3/h5-6,8-10,13,26-27H,3-4,7,11H2,1-2H3,(H,22,24);1H,(H,2,3)/t13-;/m1./s1. The monoisotopic (exact) mass is 411 g/mol. The van der Waals surface area contributed by atoms with Crippen LogP contribution in [0.5, 0.6) is 11.5 Å². The SMILES string of the molecule is Cc1cc(O)c(-c2nnc(N[C@@H]3CCCN(C)C3)c3cnccc23)c(O)c1.O=CO. The first-order valence-electron chi connectivity index (χ1n) is 9.60. The number of anilines is 1. The minimum atomic E-state index is -0.250. The highest BCUT2D eigenvalue weighted by Gasteiger charge is 2.21. The Kier molecular flexibility index (Phi) is 6.63. The van der Waals surface area contributed by atoms with Crippen LogP contribution >= 0.6 is 0 Å². The molecule has 1 aromatic carbocycles. The number of likely N-dealkylation sites (N-methyl/N-ethyl adjacent to an activating group) is 1. The molecule has 9 nitrogen and oxygen atoms in total. The number of aromatic nitrogens is 3. The lowest BCUT2D eigenvalue weighted by atomic mass is 10.0. The number of pyridine rings is 1. The molecule has 0 spiro atoms. The Bertz CT molecular complexity index is 1020. The first-order valence-corrected chi connectivity index (χ1v) is 9.60. The number of phenols is 2. The van der Waals surface area contributed by atoms with Crippen LogP contribution in [0.3, 0.4) is 0 Å². The Labute approximate surface area is 174 Å². The van der Waals surface area contributed by atoms with Crippen LogP contribution in [0.4, 0.5) is 5.82 Å². The molecule has 2 aromatic heterocycles. The van der Waals surface area contributed by atoms with E-state index >= 15 is 0 Å². The quantitative estimate of drug-likeness (QED) is 0.480. The van der Waals surface area contributed by atoms with Crippen molar-refractivity contribution in [3.8, 4) is 22.8 Å². The van der Waals surface area contributed by atoms with Crippen molar-refractivity contribution < 1.29 is 20.1 Å². The average Bonchev–Trinajstić information content (AvgIpc) is 2.69. The highest BCUT2D eigenvalue weighted by Crippen LogP contribution is 2.40. The van der Waals surface area contributed by atoms with Crippen molar-refractivity contribution in [3.63, 3.8) is 0 Å². The number of carbonyl (C=O) groups is 1. The molecule has 3 aromatic rings. The van der Waals surface area contributed by atoms with E-state index < -0.39 is 0 Å². The summed E-state index contributed by atoms with van der Waals surface area (Å²) in [6, 6.07) is 5.34. The number of rotatable bonds is 3. The summed E-state index contributed by atoms with van der Waals surface area (Å²) in [6.07, 6.45) is 5.63. The number of aromatic hydroxyl groups is 2. The number of carboxylic acid groups (broad SMARTS) is 1. The summed E-state index contributed by atoms with van der Waals surface area (Å²) in [7, 11) is 2.12. The molecule has 0 unspecified atom stereocenters. The van der Waals surface area contributed by atoms with Gasteiger partial charge in [0.15, 0.2) is 5.82 Å². The normalized spacial score (nSPS) is 16.5. The highest BCUT2D eigenvalue weighted by molar-refractivity contribution is 6.01. The molecule has 0 aliphatic carbocycles. The van der Waals surface area contributed by atoms with E-state index in [1.807, 2.05) is 13.0 Å². The second kappa shape index (κ2) is 9.36. The van der Waals surface area contributed by atoms with Crippen LogP contribution in [0, 0.1) is 6.92 Å². The maximum atomic E-state index is 10.4.